The third-order valence-corrected chi connectivity index (χ3v) is 8.02. The highest BCUT2D eigenvalue weighted by Crippen LogP contribution is 2.36. The van der Waals surface area contributed by atoms with Crippen molar-refractivity contribution in [2.24, 2.45) is 0 Å². The van der Waals surface area contributed by atoms with Crippen molar-refractivity contribution in [1.82, 2.24) is 19.7 Å². The Hall–Kier alpha value is -2.38. The van der Waals surface area contributed by atoms with Gasteiger partial charge in [0.1, 0.15) is 4.91 Å². The molecule has 1 fully saturated rings. The maximum atomic E-state index is 13.2. The lowest BCUT2D eigenvalue weighted by molar-refractivity contribution is 0.320. The van der Waals surface area contributed by atoms with Gasteiger partial charge in [-0.3, -0.25) is 9.99 Å². The molecule has 0 radical (unpaired) electrons. The van der Waals surface area contributed by atoms with Crippen molar-refractivity contribution in [1.29, 1.82) is 0 Å². The number of nitrogens with zero attached hydrogens (tertiary/aromatic N) is 3. The predicted molar refractivity (Wildman–Crippen MR) is 110 cm³/mol. The topological polar surface area (TPSA) is 65.5 Å². The number of benzene rings is 1. The molecule has 1 aromatic carbocycles. The Bertz CT molecular complexity index is 1100. The number of nitrogens with one attached hydrogen (secondary N) is 1. The molecule has 1 saturated heterocycles. The van der Waals surface area contributed by atoms with Gasteiger partial charge in [-0.05, 0) is 61.4 Å². The van der Waals surface area contributed by atoms with E-state index in [1.165, 1.54) is 11.1 Å². The SMILES string of the molecule is Cc1cc2ncccc2cc1C1CCN(S(=O)(=O)C2=CNN3CCC=C23)CC1. The molecule has 4 heterocycles. The minimum atomic E-state index is -3.45. The number of aromatic nitrogens is 1. The van der Waals surface area contributed by atoms with Gasteiger partial charge in [0.05, 0.1) is 11.2 Å². The molecule has 0 amide bonds. The molecule has 5 rings (SSSR count). The number of piperidine rings is 1. The van der Waals surface area contributed by atoms with Crippen molar-refractivity contribution in [3.05, 3.63) is 64.5 Å². The Labute approximate surface area is 165 Å². The lowest BCUT2D eigenvalue weighted by atomic mass is 9.86. The van der Waals surface area contributed by atoms with Crippen LogP contribution in [0.3, 0.4) is 0 Å². The first-order valence-electron chi connectivity index (χ1n) is 9.84. The zero-order chi connectivity index (χ0) is 19.3. The Morgan fingerprint density at radius 3 is 2.82 bits per heavy atom. The molecule has 0 unspecified atom stereocenters. The summed E-state index contributed by atoms with van der Waals surface area (Å²) < 4.78 is 28.0. The van der Waals surface area contributed by atoms with E-state index in [4.69, 9.17) is 0 Å². The van der Waals surface area contributed by atoms with Gasteiger partial charge < -0.3 is 5.43 Å². The van der Waals surface area contributed by atoms with Crippen LogP contribution < -0.4 is 5.43 Å². The van der Waals surface area contributed by atoms with Crippen molar-refractivity contribution in [3.63, 3.8) is 0 Å². The molecule has 0 saturated carbocycles. The first-order chi connectivity index (χ1) is 13.5. The molecule has 28 heavy (non-hydrogen) atoms. The fourth-order valence-electron chi connectivity index (χ4n) is 4.57. The average Bonchev–Trinajstić information content (AvgIpc) is 3.31. The molecule has 2 aromatic rings. The summed E-state index contributed by atoms with van der Waals surface area (Å²) in [5, 5.41) is 3.06. The average molecular weight is 397 g/mol. The van der Waals surface area contributed by atoms with Crippen LogP contribution in [0.5, 0.6) is 0 Å². The standard InChI is InChI=1S/C21H24N4O2S/c1-15-12-19-17(4-2-8-22-19)13-18(15)16-6-10-24(11-7-16)28(26,27)21-14-23-25-9-3-5-20(21)25/h2,4-5,8,12-14,16,23H,3,6-7,9-11H2,1H3. The van der Waals surface area contributed by atoms with Crippen LogP contribution in [0.1, 0.15) is 36.3 Å². The van der Waals surface area contributed by atoms with E-state index in [9.17, 15) is 8.42 Å². The van der Waals surface area contributed by atoms with Gasteiger partial charge in [-0.2, -0.15) is 4.31 Å². The van der Waals surface area contributed by atoms with Crippen LogP contribution in [0.15, 0.2) is 53.3 Å². The van der Waals surface area contributed by atoms with Crippen LogP contribution in [-0.2, 0) is 10.0 Å². The Morgan fingerprint density at radius 2 is 2.00 bits per heavy atom. The van der Waals surface area contributed by atoms with Crippen molar-refractivity contribution in [2.75, 3.05) is 19.6 Å². The number of sulfonamides is 1. The van der Waals surface area contributed by atoms with Crippen LogP contribution in [-0.4, -0.2) is 42.4 Å². The van der Waals surface area contributed by atoms with E-state index in [0.717, 1.165) is 42.4 Å². The maximum Gasteiger partial charge on any atom is 0.246 e. The Kier molecular flexibility index (Phi) is 4.17. The summed E-state index contributed by atoms with van der Waals surface area (Å²) in [4.78, 5) is 4.85. The van der Waals surface area contributed by atoms with Crippen molar-refractivity contribution in [3.8, 4) is 0 Å². The Balaban J connectivity index is 1.35. The van der Waals surface area contributed by atoms with E-state index in [2.05, 4.69) is 35.5 Å². The van der Waals surface area contributed by atoms with Crippen LogP contribution in [0, 0.1) is 6.92 Å². The summed E-state index contributed by atoms with van der Waals surface area (Å²) in [5.74, 6) is 0.383. The predicted octanol–water partition coefficient (Wildman–Crippen LogP) is 3.00. The largest absolute Gasteiger partial charge is 0.304 e. The van der Waals surface area contributed by atoms with E-state index in [0.29, 0.717) is 23.9 Å². The van der Waals surface area contributed by atoms with E-state index in [1.807, 2.05) is 23.3 Å². The van der Waals surface area contributed by atoms with Gasteiger partial charge in [0.25, 0.3) is 0 Å². The third kappa shape index (κ3) is 2.81. The second-order valence-electron chi connectivity index (χ2n) is 7.75. The zero-order valence-electron chi connectivity index (χ0n) is 15.9. The number of hydrazine groups is 1. The molecule has 0 aliphatic carbocycles. The highest BCUT2D eigenvalue weighted by molar-refractivity contribution is 7.93. The molecule has 3 aliphatic heterocycles. The summed E-state index contributed by atoms with van der Waals surface area (Å²) >= 11 is 0. The molecule has 1 N–H and O–H groups in total. The van der Waals surface area contributed by atoms with Gasteiger partial charge in [0.2, 0.25) is 10.0 Å². The number of rotatable bonds is 3. The maximum absolute atomic E-state index is 13.2. The lowest BCUT2D eigenvalue weighted by Crippen LogP contribution is -2.39. The molecule has 146 valence electrons. The van der Waals surface area contributed by atoms with Gasteiger partial charge in [0, 0.05) is 37.4 Å². The van der Waals surface area contributed by atoms with Crippen LogP contribution in [0.4, 0.5) is 0 Å². The van der Waals surface area contributed by atoms with E-state index in [1.54, 1.807) is 10.5 Å². The molecule has 6 nitrogen and oxygen atoms in total. The molecule has 3 aliphatic rings. The highest BCUT2D eigenvalue weighted by atomic mass is 32.2. The van der Waals surface area contributed by atoms with Gasteiger partial charge in [0.15, 0.2) is 0 Å². The minimum Gasteiger partial charge on any atom is -0.304 e. The molecule has 0 atom stereocenters. The molecular weight excluding hydrogens is 372 g/mol. The van der Waals surface area contributed by atoms with Gasteiger partial charge in [-0.25, -0.2) is 8.42 Å². The summed E-state index contributed by atoms with van der Waals surface area (Å²) in [6, 6.07) is 8.42. The number of hydrogen-bond donors (Lipinski definition) is 1. The monoisotopic (exact) mass is 396 g/mol. The third-order valence-electron chi connectivity index (χ3n) is 6.09. The van der Waals surface area contributed by atoms with Crippen molar-refractivity contribution < 1.29 is 8.42 Å². The number of pyridine rings is 1. The van der Waals surface area contributed by atoms with E-state index >= 15 is 0 Å². The quantitative estimate of drug-likeness (QED) is 0.864. The number of aryl methyl sites for hydroxylation is 1. The van der Waals surface area contributed by atoms with Gasteiger partial charge in [-0.1, -0.05) is 12.1 Å². The van der Waals surface area contributed by atoms with Crippen LogP contribution >= 0.6 is 0 Å². The lowest BCUT2D eigenvalue weighted by Gasteiger charge is -2.32. The van der Waals surface area contributed by atoms with Gasteiger partial charge >= 0.3 is 0 Å². The second kappa shape index (κ2) is 6.60. The zero-order valence-corrected chi connectivity index (χ0v) is 16.7. The summed E-state index contributed by atoms with van der Waals surface area (Å²) in [7, 11) is -3.45. The number of fused-ring (bicyclic) bond motifs is 2. The summed E-state index contributed by atoms with van der Waals surface area (Å²) in [6.07, 6.45) is 8.02. The number of hydrogen-bond acceptors (Lipinski definition) is 5. The molecule has 0 bridgehead atoms. The minimum absolute atomic E-state index is 0.383. The van der Waals surface area contributed by atoms with Crippen LogP contribution in [0.25, 0.3) is 10.9 Å². The smallest absolute Gasteiger partial charge is 0.246 e. The van der Waals surface area contributed by atoms with E-state index in [-0.39, 0.29) is 0 Å². The molecule has 7 heteroatoms. The second-order valence-corrected chi connectivity index (χ2v) is 9.66. The Morgan fingerprint density at radius 1 is 1.18 bits per heavy atom. The summed E-state index contributed by atoms with van der Waals surface area (Å²) in [5.41, 5.74) is 7.44. The van der Waals surface area contributed by atoms with Crippen LogP contribution in [0.2, 0.25) is 0 Å². The summed E-state index contributed by atoms with van der Waals surface area (Å²) in [6.45, 7) is 4.07. The van der Waals surface area contributed by atoms with Crippen molar-refractivity contribution in [2.45, 2.75) is 32.1 Å². The first kappa shape index (κ1) is 17.7. The fraction of sp³-hybridized carbons (Fsp3) is 0.381. The molecule has 0 spiro atoms. The first-order valence-corrected chi connectivity index (χ1v) is 11.3. The fourth-order valence-corrected chi connectivity index (χ4v) is 6.20. The molecular formula is C21H24N4O2S. The van der Waals surface area contributed by atoms with Gasteiger partial charge in [-0.15, -0.1) is 0 Å². The highest BCUT2D eigenvalue weighted by Gasteiger charge is 2.38. The van der Waals surface area contributed by atoms with E-state index < -0.39 is 10.0 Å². The normalized spacial score (nSPS) is 20.8. The molecule has 1 aromatic heterocycles. The van der Waals surface area contributed by atoms with Crippen molar-refractivity contribution >= 4 is 20.9 Å².